The van der Waals surface area contributed by atoms with Gasteiger partial charge in [0, 0.05) is 51.4 Å². The van der Waals surface area contributed by atoms with Gasteiger partial charge < -0.3 is 10.6 Å². The summed E-state index contributed by atoms with van der Waals surface area (Å²) in [6.45, 7) is 9.11. The third-order valence-corrected chi connectivity index (χ3v) is 7.42. The monoisotopic (exact) mass is 435 g/mol. The summed E-state index contributed by atoms with van der Waals surface area (Å²) in [4.78, 5) is 7.33. The summed E-state index contributed by atoms with van der Waals surface area (Å²) in [5.74, 6) is 1.14. The van der Waals surface area contributed by atoms with Crippen LogP contribution in [0.4, 0.5) is 0 Å². The molecule has 30 heavy (non-hydrogen) atoms. The zero-order valence-corrected chi connectivity index (χ0v) is 19.4. The number of rotatable bonds is 7. The van der Waals surface area contributed by atoms with Gasteiger partial charge in [-0.3, -0.25) is 9.89 Å². The second-order valence-electron chi connectivity index (χ2n) is 8.67. The highest BCUT2D eigenvalue weighted by atomic mass is 32.2. The second-order valence-corrected chi connectivity index (χ2v) is 10.6. The number of guanidine groups is 1. The molecule has 0 radical (unpaired) electrons. The van der Waals surface area contributed by atoms with Crippen LogP contribution in [-0.2, 0) is 16.6 Å². The summed E-state index contributed by atoms with van der Waals surface area (Å²) in [5, 5.41) is 6.97. The quantitative estimate of drug-likeness (QED) is 0.505. The number of nitrogens with zero attached hydrogens (tertiary/aromatic N) is 3. The van der Waals surface area contributed by atoms with Gasteiger partial charge in [-0.25, -0.2) is 12.7 Å². The number of sulfonamides is 1. The SMILES string of the molecule is CCNC(=NCC1CCN(S(C)(=O)=O)C1)NC1CCN(Cc2ccccc2)C(C)C1. The van der Waals surface area contributed by atoms with Gasteiger partial charge in [-0.1, -0.05) is 30.3 Å². The fourth-order valence-corrected chi connectivity index (χ4v) is 5.30. The molecule has 2 aliphatic heterocycles. The zero-order chi connectivity index (χ0) is 21.6. The Morgan fingerprint density at radius 1 is 1.20 bits per heavy atom. The zero-order valence-electron chi connectivity index (χ0n) is 18.5. The molecule has 3 rings (SSSR count). The number of hydrogen-bond acceptors (Lipinski definition) is 4. The third-order valence-electron chi connectivity index (χ3n) is 6.15. The molecule has 0 aromatic heterocycles. The van der Waals surface area contributed by atoms with Gasteiger partial charge in [0.05, 0.1) is 6.26 Å². The minimum absolute atomic E-state index is 0.293. The molecule has 3 atom stereocenters. The van der Waals surface area contributed by atoms with Crippen LogP contribution in [0.25, 0.3) is 0 Å². The Morgan fingerprint density at radius 3 is 2.60 bits per heavy atom. The van der Waals surface area contributed by atoms with Crippen molar-refractivity contribution in [2.45, 2.75) is 51.7 Å². The van der Waals surface area contributed by atoms with Crippen LogP contribution >= 0.6 is 0 Å². The molecule has 1 aromatic rings. The van der Waals surface area contributed by atoms with Gasteiger partial charge in [-0.15, -0.1) is 0 Å². The van der Waals surface area contributed by atoms with E-state index in [-0.39, 0.29) is 0 Å². The van der Waals surface area contributed by atoms with Crippen molar-refractivity contribution in [3.8, 4) is 0 Å². The standard InChI is InChI=1S/C22H37N5O2S/c1-4-23-22(24-15-20-10-13-27(17-20)30(3,28)29)25-21-11-12-26(18(2)14-21)16-19-8-6-5-7-9-19/h5-9,18,20-21H,4,10-17H2,1-3H3,(H2,23,24,25). The first-order valence-corrected chi connectivity index (χ1v) is 13.0. The maximum Gasteiger partial charge on any atom is 0.211 e. The van der Waals surface area contributed by atoms with Gasteiger partial charge in [-0.05, 0) is 44.6 Å². The first kappa shape index (κ1) is 23.0. The smallest absolute Gasteiger partial charge is 0.211 e. The Balaban J connectivity index is 1.50. The molecule has 8 heteroatoms. The van der Waals surface area contributed by atoms with Gasteiger partial charge in [0.2, 0.25) is 10.0 Å². The Morgan fingerprint density at radius 2 is 1.97 bits per heavy atom. The van der Waals surface area contributed by atoms with Crippen LogP contribution in [-0.4, -0.2) is 74.6 Å². The summed E-state index contributed by atoms with van der Waals surface area (Å²) in [7, 11) is -3.09. The molecule has 0 amide bonds. The highest BCUT2D eigenvalue weighted by Gasteiger charge is 2.29. The number of likely N-dealkylation sites (tertiary alicyclic amines) is 1. The van der Waals surface area contributed by atoms with E-state index in [0.717, 1.165) is 44.9 Å². The molecule has 2 N–H and O–H groups in total. The molecule has 2 fully saturated rings. The number of benzene rings is 1. The number of piperidine rings is 1. The Hall–Kier alpha value is -1.64. The maximum absolute atomic E-state index is 11.7. The van der Waals surface area contributed by atoms with Gasteiger partial charge >= 0.3 is 0 Å². The molecule has 2 heterocycles. The minimum atomic E-state index is -3.09. The van der Waals surface area contributed by atoms with E-state index in [1.54, 1.807) is 4.31 Å². The molecule has 1 aromatic carbocycles. The van der Waals surface area contributed by atoms with Gasteiger partial charge in [-0.2, -0.15) is 0 Å². The Bertz CT molecular complexity index is 799. The number of nitrogens with one attached hydrogen (secondary N) is 2. The summed E-state index contributed by atoms with van der Waals surface area (Å²) >= 11 is 0. The fourth-order valence-electron chi connectivity index (χ4n) is 4.39. The molecule has 0 saturated carbocycles. The fraction of sp³-hybridized carbons (Fsp3) is 0.682. The highest BCUT2D eigenvalue weighted by Crippen LogP contribution is 2.21. The van der Waals surface area contributed by atoms with Crippen LogP contribution in [0.15, 0.2) is 35.3 Å². The topological polar surface area (TPSA) is 77.0 Å². The minimum Gasteiger partial charge on any atom is -0.357 e. The lowest BCUT2D eigenvalue weighted by Gasteiger charge is -2.38. The molecule has 0 bridgehead atoms. The summed E-state index contributed by atoms with van der Waals surface area (Å²) in [6.07, 6.45) is 4.34. The number of hydrogen-bond donors (Lipinski definition) is 2. The summed E-state index contributed by atoms with van der Waals surface area (Å²) in [5.41, 5.74) is 1.37. The van der Waals surface area contributed by atoms with E-state index >= 15 is 0 Å². The predicted octanol–water partition coefficient (Wildman–Crippen LogP) is 1.88. The summed E-state index contributed by atoms with van der Waals surface area (Å²) in [6, 6.07) is 11.6. The van der Waals surface area contributed by atoms with Crippen molar-refractivity contribution in [3.63, 3.8) is 0 Å². The molecule has 0 spiro atoms. The molecular weight excluding hydrogens is 398 g/mol. The lowest BCUT2D eigenvalue weighted by Crippen LogP contribution is -2.51. The van der Waals surface area contributed by atoms with Crippen LogP contribution in [0.3, 0.4) is 0 Å². The predicted molar refractivity (Wildman–Crippen MR) is 123 cm³/mol. The third kappa shape index (κ3) is 6.68. The van der Waals surface area contributed by atoms with E-state index in [4.69, 9.17) is 4.99 Å². The van der Waals surface area contributed by atoms with E-state index < -0.39 is 10.0 Å². The summed E-state index contributed by atoms with van der Waals surface area (Å²) < 4.78 is 25.0. The Labute approximate surface area is 182 Å². The lowest BCUT2D eigenvalue weighted by molar-refractivity contribution is 0.134. The van der Waals surface area contributed by atoms with Crippen LogP contribution < -0.4 is 10.6 Å². The Kier molecular flexibility index (Phi) is 8.13. The highest BCUT2D eigenvalue weighted by molar-refractivity contribution is 7.88. The number of aliphatic imine (C=N–C) groups is 1. The average molecular weight is 436 g/mol. The lowest BCUT2D eigenvalue weighted by atomic mass is 9.97. The van der Waals surface area contributed by atoms with Gasteiger partial charge in [0.25, 0.3) is 0 Å². The van der Waals surface area contributed by atoms with Gasteiger partial charge in [0.15, 0.2) is 5.96 Å². The van der Waals surface area contributed by atoms with Crippen molar-refractivity contribution >= 4 is 16.0 Å². The van der Waals surface area contributed by atoms with E-state index in [9.17, 15) is 8.42 Å². The molecule has 3 unspecified atom stereocenters. The van der Waals surface area contributed by atoms with Crippen molar-refractivity contribution in [1.29, 1.82) is 0 Å². The van der Waals surface area contributed by atoms with Crippen LogP contribution in [0.5, 0.6) is 0 Å². The van der Waals surface area contributed by atoms with Crippen molar-refractivity contribution < 1.29 is 8.42 Å². The average Bonchev–Trinajstić information content (AvgIpc) is 3.19. The molecule has 2 aliphatic rings. The molecule has 168 valence electrons. The molecular formula is C22H37N5O2S. The van der Waals surface area contributed by atoms with Crippen molar-refractivity contribution in [2.24, 2.45) is 10.9 Å². The maximum atomic E-state index is 11.7. The normalized spacial score (nSPS) is 26.6. The molecule has 0 aliphatic carbocycles. The van der Waals surface area contributed by atoms with Crippen LogP contribution in [0, 0.1) is 5.92 Å². The second kappa shape index (κ2) is 10.6. The molecule has 7 nitrogen and oxygen atoms in total. The van der Waals surface area contributed by atoms with E-state index in [0.29, 0.717) is 37.6 Å². The first-order chi connectivity index (χ1) is 14.3. The van der Waals surface area contributed by atoms with E-state index in [2.05, 4.69) is 59.7 Å². The van der Waals surface area contributed by atoms with Crippen molar-refractivity contribution in [1.82, 2.24) is 19.8 Å². The van der Waals surface area contributed by atoms with E-state index in [1.165, 1.54) is 11.8 Å². The first-order valence-electron chi connectivity index (χ1n) is 11.1. The van der Waals surface area contributed by atoms with Gasteiger partial charge in [0.1, 0.15) is 0 Å². The largest absolute Gasteiger partial charge is 0.357 e. The van der Waals surface area contributed by atoms with Crippen LogP contribution in [0.2, 0.25) is 0 Å². The van der Waals surface area contributed by atoms with Crippen LogP contribution in [0.1, 0.15) is 38.7 Å². The van der Waals surface area contributed by atoms with E-state index in [1.807, 2.05) is 0 Å². The van der Waals surface area contributed by atoms with Crippen molar-refractivity contribution in [2.75, 3.05) is 39.0 Å². The molecule has 2 saturated heterocycles. The van der Waals surface area contributed by atoms with Crippen molar-refractivity contribution in [3.05, 3.63) is 35.9 Å².